The predicted octanol–water partition coefficient (Wildman–Crippen LogP) is 4.17. The van der Waals surface area contributed by atoms with Crippen LogP contribution in [0, 0.1) is 0 Å². The third-order valence-corrected chi connectivity index (χ3v) is 3.25. The number of nitrogens with zero attached hydrogens (tertiary/aromatic N) is 1. The zero-order valence-electron chi connectivity index (χ0n) is 10.6. The molecular formula is C16H12ClNO2. The molecule has 0 aliphatic carbocycles. The number of pyridine rings is 1. The molecule has 3 aromatic rings. The topological polar surface area (TPSA) is 42.4 Å². The normalized spacial score (nSPS) is 10.7. The molecule has 0 aliphatic heterocycles. The lowest BCUT2D eigenvalue weighted by Gasteiger charge is -2.08. The van der Waals surface area contributed by atoms with Crippen molar-refractivity contribution in [3.05, 3.63) is 65.3 Å². The molecule has 100 valence electrons. The highest BCUT2D eigenvalue weighted by atomic mass is 35.5. The third-order valence-electron chi connectivity index (χ3n) is 2.98. The van der Waals surface area contributed by atoms with Crippen LogP contribution in [0.1, 0.15) is 5.56 Å². The number of rotatable bonds is 3. The number of aromatic nitrogens is 1. The van der Waals surface area contributed by atoms with Crippen LogP contribution >= 0.6 is 11.6 Å². The number of ether oxygens (including phenoxy) is 1. The van der Waals surface area contributed by atoms with E-state index < -0.39 is 0 Å². The van der Waals surface area contributed by atoms with E-state index in [9.17, 15) is 0 Å². The van der Waals surface area contributed by atoms with Gasteiger partial charge < -0.3 is 9.84 Å². The number of hydrogen-bond donors (Lipinski definition) is 1. The SMILES string of the molecule is OCc1cnc(Oc2ccc3ccccc3c2)c(Cl)c1. The van der Waals surface area contributed by atoms with Crippen molar-refractivity contribution in [3.8, 4) is 11.6 Å². The average Bonchev–Trinajstić information content (AvgIpc) is 2.49. The fraction of sp³-hybridized carbons (Fsp3) is 0.0625. The number of halogens is 1. The van der Waals surface area contributed by atoms with Gasteiger partial charge in [-0.05, 0) is 34.5 Å². The molecule has 20 heavy (non-hydrogen) atoms. The molecule has 0 saturated carbocycles. The summed E-state index contributed by atoms with van der Waals surface area (Å²) in [5, 5.41) is 11.6. The molecule has 2 aromatic carbocycles. The summed E-state index contributed by atoms with van der Waals surface area (Å²) in [5.41, 5.74) is 0.654. The number of aliphatic hydroxyl groups excluding tert-OH is 1. The van der Waals surface area contributed by atoms with Gasteiger partial charge in [-0.3, -0.25) is 0 Å². The van der Waals surface area contributed by atoms with E-state index >= 15 is 0 Å². The lowest BCUT2D eigenvalue weighted by molar-refractivity contribution is 0.281. The fourth-order valence-electron chi connectivity index (χ4n) is 1.97. The lowest BCUT2D eigenvalue weighted by atomic mass is 10.1. The summed E-state index contributed by atoms with van der Waals surface area (Å²) in [5.74, 6) is 1.01. The number of benzene rings is 2. The van der Waals surface area contributed by atoms with Crippen molar-refractivity contribution in [2.75, 3.05) is 0 Å². The average molecular weight is 286 g/mol. The Balaban J connectivity index is 1.92. The first-order valence-electron chi connectivity index (χ1n) is 6.18. The maximum atomic E-state index is 9.02. The molecule has 0 aliphatic rings. The van der Waals surface area contributed by atoms with Crippen molar-refractivity contribution in [3.63, 3.8) is 0 Å². The first kappa shape index (κ1) is 12.9. The highest BCUT2D eigenvalue weighted by Gasteiger charge is 2.06. The fourth-order valence-corrected chi connectivity index (χ4v) is 2.20. The third kappa shape index (κ3) is 2.59. The largest absolute Gasteiger partial charge is 0.438 e. The van der Waals surface area contributed by atoms with Crippen LogP contribution in [0.4, 0.5) is 0 Å². The van der Waals surface area contributed by atoms with Crippen molar-refractivity contribution in [2.45, 2.75) is 6.61 Å². The Morgan fingerprint density at radius 2 is 1.85 bits per heavy atom. The molecule has 1 N–H and O–H groups in total. The Hall–Kier alpha value is -2.10. The van der Waals surface area contributed by atoms with E-state index in [0.717, 1.165) is 10.8 Å². The Bertz CT molecular complexity index is 758. The standard InChI is InChI=1S/C16H12ClNO2/c17-15-7-11(10-19)9-18-16(15)20-14-6-5-12-3-1-2-4-13(12)8-14/h1-9,19H,10H2. The molecule has 1 aromatic heterocycles. The van der Waals surface area contributed by atoms with Gasteiger partial charge >= 0.3 is 0 Å². The summed E-state index contributed by atoms with van der Waals surface area (Å²) in [6, 6.07) is 15.5. The quantitative estimate of drug-likeness (QED) is 0.785. The monoisotopic (exact) mass is 285 g/mol. The van der Waals surface area contributed by atoms with Crippen molar-refractivity contribution < 1.29 is 9.84 Å². The number of aliphatic hydroxyl groups is 1. The summed E-state index contributed by atoms with van der Waals surface area (Å²) < 4.78 is 5.69. The van der Waals surface area contributed by atoms with Crippen LogP contribution in [0.25, 0.3) is 10.8 Å². The van der Waals surface area contributed by atoms with E-state index in [1.54, 1.807) is 12.3 Å². The summed E-state index contributed by atoms with van der Waals surface area (Å²) in [4.78, 5) is 4.11. The van der Waals surface area contributed by atoms with Gasteiger partial charge in [0.25, 0.3) is 0 Å². The second-order valence-corrected chi connectivity index (χ2v) is 4.81. The Morgan fingerprint density at radius 3 is 2.60 bits per heavy atom. The van der Waals surface area contributed by atoms with Gasteiger partial charge in [0.1, 0.15) is 10.8 Å². The van der Waals surface area contributed by atoms with Crippen molar-refractivity contribution in [1.82, 2.24) is 4.98 Å². The van der Waals surface area contributed by atoms with E-state index in [1.165, 1.54) is 0 Å². The number of hydrogen-bond acceptors (Lipinski definition) is 3. The van der Waals surface area contributed by atoms with E-state index in [0.29, 0.717) is 22.2 Å². The van der Waals surface area contributed by atoms with Gasteiger partial charge in [0.15, 0.2) is 0 Å². The molecule has 1 heterocycles. The van der Waals surface area contributed by atoms with Gasteiger partial charge in [0.05, 0.1) is 6.61 Å². The minimum atomic E-state index is -0.0943. The molecule has 0 atom stereocenters. The van der Waals surface area contributed by atoms with Crippen LogP contribution in [-0.2, 0) is 6.61 Å². The van der Waals surface area contributed by atoms with Crippen LogP contribution in [0.5, 0.6) is 11.6 Å². The molecular weight excluding hydrogens is 274 g/mol. The Morgan fingerprint density at radius 1 is 1.05 bits per heavy atom. The lowest BCUT2D eigenvalue weighted by Crippen LogP contribution is -1.92. The van der Waals surface area contributed by atoms with Gasteiger partial charge in [-0.15, -0.1) is 0 Å². The van der Waals surface area contributed by atoms with Gasteiger partial charge in [0.2, 0.25) is 5.88 Å². The molecule has 0 saturated heterocycles. The Labute approximate surface area is 121 Å². The van der Waals surface area contributed by atoms with Crippen LogP contribution < -0.4 is 4.74 Å². The number of fused-ring (bicyclic) bond motifs is 1. The van der Waals surface area contributed by atoms with Crippen molar-refractivity contribution in [2.24, 2.45) is 0 Å². The molecule has 3 nitrogen and oxygen atoms in total. The van der Waals surface area contributed by atoms with E-state index in [-0.39, 0.29) is 6.61 Å². The second-order valence-electron chi connectivity index (χ2n) is 4.40. The molecule has 0 amide bonds. The second kappa shape index (κ2) is 5.49. The van der Waals surface area contributed by atoms with E-state index in [1.807, 2.05) is 42.5 Å². The van der Waals surface area contributed by atoms with Crippen molar-refractivity contribution >= 4 is 22.4 Å². The van der Waals surface area contributed by atoms with Crippen LogP contribution in [0.2, 0.25) is 5.02 Å². The molecule has 0 bridgehead atoms. The molecule has 0 unspecified atom stereocenters. The first-order chi connectivity index (χ1) is 9.76. The van der Waals surface area contributed by atoms with Crippen molar-refractivity contribution in [1.29, 1.82) is 0 Å². The molecule has 4 heteroatoms. The van der Waals surface area contributed by atoms with Gasteiger partial charge in [-0.2, -0.15) is 0 Å². The molecule has 3 rings (SSSR count). The summed E-state index contributed by atoms with van der Waals surface area (Å²) >= 11 is 6.08. The smallest absolute Gasteiger partial charge is 0.238 e. The van der Waals surface area contributed by atoms with E-state index in [2.05, 4.69) is 4.98 Å². The maximum absolute atomic E-state index is 9.02. The van der Waals surface area contributed by atoms with Gasteiger partial charge in [0, 0.05) is 6.20 Å². The highest BCUT2D eigenvalue weighted by Crippen LogP contribution is 2.29. The highest BCUT2D eigenvalue weighted by molar-refractivity contribution is 6.31. The molecule has 0 fully saturated rings. The summed E-state index contributed by atoms with van der Waals surface area (Å²) in [6.45, 7) is -0.0943. The molecule has 0 spiro atoms. The zero-order chi connectivity index (χ0) is 13.9. The minimum absolute atomic E-state index is 0.0943. The van der Waals surface area contributed by atoms with Crippen LogP contribution in [0.15, 0.2) is 54.7 Å². The van der Waals surface area contributed by atoms with Gasteiger partial charge in [-0.1, -0.05) is 41.9 Å². The first-order valence-corrected chi connectivity index (χ1v) is 6.56. The van der Waals surface area contributed by atoms with Crippen LogP contribution in [-0.4, -0.2) is 10.1 Å². The molecule has 0 radical (unpaired) electrons. The zero-order valence-corrected chi connectivity index (χ0v) is 11.3. The van der Waals surface area contributed by atoms with Gasteiger partial charge in [-0.25, -0.2) is 4.98 Å². The maximum Gasteiger partial charge on any atom is 0.238 e. The van der Waals surface area contributed by atoms with E-state index in [4.69, 9.17) is 21.4 Å². The van der Waals surface area contributed by atoms with Crippen LogP contribution in [0.3, 0.4) is 0 Å². The predicted molar refractivity (Wildman–Crippen MR) is 79.2 cm³/mol. The minimum Gasteiger partial charge on any atom is -0.438 e. The Kier molecular flexibility index (Phi) is 3.54. The summed E-state index contributed by atoms with van der Waals surface area (Å²) in [7, 11) is 0. The summed E-state index contributed by atoms with van der Waals surface area (Å²) in [6.07, 6.45) is 1.54.